The maximum absolute atomic E-state index is 12.6. The molecule has 0 aromatic heterocycles. The van der Waals surface area contributed by atoms with Gasteiger partial charge in [0.25, 0.3) is 0 Å². The third-order valence-corrected chi connectivity index (χ3v) is 4.34. The number of alkyl halides is 5. The van der Waals surface area contributed by atoms with Gasteiger partial charge in [-0.15, -0.1) is 0 Å². The molecule has 0 aromatic rings. The van der Waals surface area contributed by atoms with Gasteiger partial charge in [0.1, 0.15) is 0 Å². The Morgan fingerprint density at radius 3 is 1.35 bits per heavy atom. The van der Waals surface area contributed by atoms with Crippen LogP contribution in [0.5, 0.6) is 0 Å². The number of carbonyl (C=O) groups excluding carboxylic acids is 1. The summed E-state index contributed by atoms with van der Waals surface area (Å²) in [5, 5.41) is 0. The Morgan fingerprint density at radius 1 is 0.654 bits per heavy atom. The molecule has 0 aliphatic carbocycles. The minimum absolute atomic E-state index is 0.303. The van der Waals surface area contributed by atoms with Crippen molar-refractivity contribution < 1.29 is 31.5 Å². The van der Waals surface area contributed by atoms with Gasteiger partial charge in [0.15, 0.2) is 0 Å². The van der Waals surface area contributed by atoms with E-state index < -0.39 is 24.7 Å². The molecule has 0 aromatic carbocycles. The summed E-state index contributed by atoms with van der Waals surface area (Å²) < 4.78 is 65.0. The Kier molecular flexibility index (Phi) is 13.7. The normalized spacial score (nSPS) is 12.4. The predicted molar refractivity (Wildman–Crippen MR) is 92.3 cm³/mol. The van der Waals surface area contributed by atoms with Crippen LogP contribution >= 0.6 is 0 Å². The Hall–Kier alpha value is -0.880. The molecule has 0 fully saturated rings. The molecule has 0 saturated heterocycles. The Bertz CT molecular complexity index is 356. The van der Waals surface area contributed by atoms with Crippen LogP contribution in [-0.2, 0) is 9.53 Å². The number of carbonyl (C=O) groups is 1. The number of esters is 1. The topological polar surface area (TPSA) is 26.3 Å². The van der Waals surface area contributed by atoms with Crippen molar-refractivity contribution in [3.8, 4) is 0 Å². The van der Waals surface area contributed by atoms with Crippen LogP contribution in [0.25, 0.3) is 0 Å². The number of hydrogen-bond acceptors (Lipinski definition) is 2. The number of unbranched alkanes of at least 4 members (excludes halogenated alkanes) is 13. The fourth-order valence-electron chi connectivity index (χ4n) is 2.67. The van der Waals surface area contributed by atoms with Gasteiger partial charge in [0.2, 0.25) is 0 Å². The van der Waals surface area contributed by atoms with Crippen molar-refractivity contribution in [3.63, 3.8) is 0 Å². The molecule has 0 rings (SSSR count). The third kappa shape index (κ3) is 11.7. The highest BCUT2D eigenvalue weighted by Gasteiger charge is 2.64. The summed E-state index contributed by atoms with van der Waals surface area (Å²) in [5.41, 5.74) is 0. The molecular weight excluding hydrogens is 355 g/mol. The van der Waals surface area contributed by atoms with Crippen LogP contribution in [0.4, 0.5) is 22.0 Å². The first kappa shape index (κ1) is 25.1. The lowest BCUT2D eigenvalue weighted by atomic mass is 10.0. The van der Waals surface area contributed by atoms with Gasteiger partial charge in [-0.1, -0.05) is 90.4 Å². The summed E-state index contributed by atoms with van der Waals surface area (Å²) in [7, 11) is 0. The highest BCUT2D eigenvalue weighted by molar-refractivity contribution is 5.78. The van der Waals surface area contributed by atoms with Crippen molar-refractivity contribution in [1.82, 2.24) is 0 Å². The maximum atomic E-state index is 12.6. The standard InChI is InChI=1S/C19H33F5O2/c1-2-3-4-5-6-7-8-9-10-11-12-13-14-15-16-26-17(25)18(20,21)19(22,23)24/h2-16H2,1H3. The first-order valence-electron chi connectivity index (χ1n) is 9.85. The zero-order chi connectivity index (χ0) is 19.9. The maximum Gasteiger partial charge on any atom is 0.465 e. The lowest BCUT2D eigenvalue weighted by Gasteiger charge is -2.17. The second-order valence-corrected chi connectivity index (χ2v) is 6.80. The van der Waals surface area contributed by atoms with Gasteiger partial charge in [0.05, 0.1) is 6.61 Å². The van der Waals surface area contributed by atoms with E-state index in [0.717, 1.165) is 19.3 Å². The lowest BCUT2D eigenvalue weighted by Crippen LogP contribution is -2.45. The minimum Gasteiger partial charge on any atom is -0.461 e. The third-order valence-electron chi connectivity index (χ3n) is 4.34. The number of hydrogen-bond donors (Lipinski definition) is 0. The molecule has 0 spiro atoms. The van der Waals surface area contributed by atoms with Crippen molar-refractivity contribution in [3.05, 3.63) is 0 Å². The van der Waals surface area contributed by atoms with Crippen LogP contribution in [0, 0.1) is 0 Å². The molecule has 0 bridgehead atoms. The molecular formula is C19H33F5O2. The monoisotopic (exact) mass is 388 g/mol. The molecule has 0 saturated carbocycles. The van der Waals surface area contributed by atoms with Crippen LogP contribution in [0.2, 0.25) is 0 Å². The Labute approximate surface area is 153 Å². The molecule has 0 heterocycles. The molecule has 156 valence electrons. The van der Waals surface area contributed by atoms with Crippen LogP contribution in [0.3, 0.4) is 0 Å². The van der Waals surface area contributed by atoms with Gasteiger partial charge in [-0.25, -0.2) is 4.79 Å². The molecule has 26 heavy (non-hydrogen) atoms. The average Bonchev–Trinajstić information content (AvgIpc) is 2.57. The van der Waals surface area contributed by atoms with Crippen LogP contribution in [0.15, 0.2) is 0 Å². The number of ether oxygens (including phenoxy) is 1. The summed E-state index contributed by atoms with van der Waals surface area (Å²) in [6, 6.07) is 0. The Balaban J connectivity index is 3.38. The molecule has 0 unspecified atom stereocenters. The van der Waals surface area contributed by atoms with Crippen molar-refractivity contribution in [2.45, 2.75) is 109 Å². The molecule has 2 nitrogen and oxygen atoms in total. The molecule has 0 amide bonds. The van der Waals surface area contributed by atoms with Gasteiger partial charge >= 0.3 is 18.1 Å². The van der Waals surface area contributed by atoms with Gasteiger partial charge in [-0.3, -0.25) is 0 Å². The molecule has 0 aliphatic rings. The second kappa shape index (κ2) is 14.2. The van der Waals surface area contributed by atoms with E-state index >= 15 is 0 Å². The van der Waals surface area contributed by atoms with Gasteiger partial charge in [0, 0.05) is 0 Å². The zero-order valence-corrected chi connectivity index (χ0v) is 15.8. The fraction of sp³-hybridized carbons (Fsp3) is 0.947. The molecule has 0 N–H and O–H groups in total. The summed E-state index contributed by atoms with van der Waals surface area (Å²) in [4.78, 5) is 10.8. The van der Waals surface area contributed by atoms with Crippen molar-refractivity contribution in [2.24, 2.45) is 0 Å². The SMILES string of the molecule is CCCCCCCCCCCCCCCCOC(=O)C(F)(F)C(F)(F)F. The first-order chi connectivity index (χ1) is 12.2. The Morgan fingerprint density at radius 2 is 1.00 bits per heavy atom. The lowest BCUT2D eigenvalue weighted by molar-refractivity contribution is -0.280. The highest BCUT2D eigenvalue weighted by Crippen LogP contribution is 2.36. The van der Waals surface area contributed by atoms with E-state index in [9.17, 15) is 26.7 Å². The van der Waals surface area contributed by atoms with Crippen molar-refractivity contribution in [1.29, 1.82) is 0 Å². The van der Waals surface area contributed by atoms with Crippen molar-refractivity contribution >= 4 is 5.97 Å². The fourth-order valence-corrected chi connectivity index (χ4v) is 2.67. The second-order valence-electron chi connectivity index (χ2n) is 6.80. The van der Waals surface area contributed by atoms with Gasteiger partial charge in [-0.2, -0.15) is 22.0 Å². The number of rotatable bonds is 16. The molecule has 7 heteroatoms. The van der Waals surface area contributed by atoms with E-state index in [1.807, 2.05) is 0 Å². The van der Waals surface area contributed by atoms with E-state index in [2.05, 4.69) is 11.7 Å². The van der Waals surface area contributed by atoms with Crippen LogP contribution in [-0.4, -0.2) is 24.7 Å². The van der Waals surface area contributed by atoms with Crippen LogP contribution in [0.1, 0.15) is 96.8 Å². The summed E-state index contributed by atoms with van der Waals surface area (Å²) in [5.74, 6) is -7.94. The molecule has 0 atom stereocenters. The van der Waals surface area contributed by atoms with Crippen LogP contribution < -0.4 is 0 Å². The highest BCUT2D eigenvalue weighted by atomic mass is 19.4. The van der Waals surface area contributed by atoms with Gasteiger partial charge in [-0.05, 0) is 6.42 Å². The quantitative estimate of drug-likeness (QED) is 0.159. The number of halogens is 5. The summed E-state index contributed by atoms with van der Waals surface area (Å²) >= 11 is 0. The first-order valence-corrected chi connectivity index (χ1v) is 9.85. The zero-order valence-electron chi connectivity index (χ0n) is 15.8. The van der Waals surface area contributed by atoms with E-state index in [4.69, 9.17) is 0 Å². The summed E-state index contributed by atoms with van der Waals surface area (Å²) in [6.07, 6.45) is 9.52. The minimum atomic E-state index is -5.90. The molecule has 0 radical (unpaired) electrons. The van der Waals surface area contributed by atoms with E-state index in [0.29, 0.717) is 12.8 Å². The van der Waals surface area contributed by atoms with E-state index in [1.165, 1.54) is 57.8 Å². The largest absolute Gasteiger partial charge is 0.465 e. The predicted octanol–water partition coefficient (Wildman–Crippen LogP) is 7.21. The average molecular weight is 388 g/mol. The van der Waals surface area contributed by atoms with Gasteiger partial charge < -0.3 is 4.74 Å². The summed E-state index contributed by atoms with van der Waals surface area (Å²) in [6.45, 7) is 1.81. The smallest absolute Gasteiger partial charge is 0.461 e. The van der Waals surface area contributed by atoms with E-state index in [1.54, 1.807) is 0 Å². The molecule has 0 aliphatic heterocycles. The van der Waals surface area contributed by atoms with Crippen molar-refractivity contribution in [2.75, 3.05) is 6.61 Å². The van der Waals surface area contributed by atoms with E-state index in [-0.39, 0.29) is 0 Å².